The van der Waals surface area contributed by atoms with Crippen molar-refractivity contribution >= 4 is 50.6 Å². The number of hydrogen-bond acceptors (Lipinski definition) is 3. The third-order valence-corrected chi connectivity index (χ3v) is 3.85. The standard InChI is InChI=1S/C14H14BrCl2N3/c1-3-4-13-19-12(15)7-14(20-13)18-11-6-9(16)8(2)5-10(11)17/h5-7H,3-4H2,1-2H3,(H,18,19,20). The molecule has 2 aromatic rings. The quantitative estimate of drug-likeness (QED) is 0.712. The summed E-state index contributed by atoms with van der Waals surface area (Å²) in [6.45, 7) is 4.01. The van der Waals surface area contributed by atoms with Crippen LogP contribution in [0.15, 0.2) is 22.8 Å². The minimum Gasteiger partial charge on any atom is -0.339 e. The maximum absolute atomic E-state index is 6.22. The van der Waals surface area contributed by atoms with Crippen LogP contribution in [0.25, 0.3) is 0 Å². The fourth-order valence-corrected chi connectivity index (χ4v) is 2.59. The van der Waals surface area contributed by atoms with Crippen molar-refractivity contribution < 1.29 is 0 Å². The van der Waals surface area contributed by atoms with Crippen molar-refractivity contribution in [2.75, 3.05) is 5.32 Å². The predicted octanol–water partition coefficient (Wildman–Crippen LogP) is 5.55. The Kier molecular flexibility index (Phi) is 5.24. The largest absolute Gasteiger partial charge is 0.339 e. The van der Waals surface area contributed by atoms with Crippen LogP contribution in [-0.2, 0) is 6.42 Å². The Morgan fingerprint density at radius 1 is 1.15 bits per heavy atom. The molecule has 0 amide bonds. The van der Waals surface area contributed by atoms with Crippen LogP contribution in [-0.4, -0.2) is 9.97 Å². The molecular formula is C14H14BrCl2N3. The highest BCUT2D eigenvalue weighted by atomic mass is 79.9. The SMILES string of the molecule is CCCc1nc(Br)cc(Nc2cc(Cl)c(C)cc2Cl)n1. The van der Waals surface area contributed by atoms with Crippen LogP contribution in [0, 0.1) is 6.92 Å². The monoisotopic (exact) mass is 373 g/mol. The molecule has 1 aromatic carbocycles. The first-order valence-corrected chi connectivity index (χ1v) is 7.80. The Balaban J connectivity index is 2.32. The first-order chi connectivity index (χ1) is 9.49. The lowest BCUT2D eigenvalue weighted by Crippen LogP contribution is -2.01. The van der Waals surface area contributed by atoms with Crippen molar-refractivity contribution in [2.24, 2.45) is 0 Å². The Bertz CT molecular complexity index is 632. The molecule has 3 nitrogen and oxygen atoms in total. The Labute approximate surface area is 136 Å². The summed E-state index contributed by atoms with van der Waals surface area (Å²) in [5.41, 5.74) is 1.67. The topological polar surface area (TPSA) is 37.8 Å². The van der Waals surface area contributed by atoms with Crippen molar-refractivity contribution in [1.29, 1.82) is 0 Å². The van der Waals surface area contributed by atoms with Gasteiger partial charge >= 0.3 is 0 Å². The molecule has 0 saturated carbocycles. The van der Waals surface area contributed by atoms with Gasteiger partial charge in [-0.15, -0.1) is 0 Å². The van der Waals surface area contributed by atoms with E-state index in [9.17, 15) is 0 Å². The molecule has 0 fully saturated rings. The number of nitrogens with one attached hydrogen (secondary N) is 1. The summed E-state index contributed by atoms with van der Waals surface area (Å²) < 4.78 is 0.743. The van der Waals surface area contributed by atoms with Crippen LogP contribution >= 0.6 is 39.1 Å². The van der Waals surface area contributed by atoms with Crippen molar-refractivity contribution in [1.82, 2.24) is 9.97 Å². The third-order valence-electron chi connectivity index (χ3n) is 2.73. The molecule has 6 heteroatoms. The molecule has 0 unspecified atom stereocenters. The molecule has 0 saturated heterocycles. The molecule has 0 aliphatic rings. The molecule has 0 spiro atoms. The number of benzene rings is 1. The molecule has 1 N–H and O–H groups in total. The number of aromatic nitrogens is 2. The summed E-state index contributed by atoms with van der Waals surface area (Å²) >= 11 is 15.7. The smallest absolute Gasteiger partial charge is 0.135 e. The third kappa shape index (κ3) is 3.84. The van der Waals surface area contributed by atoms with Crippen LogP contribution in [0.1, 0.15) is 24.7 Å². The van der Waals surface area contributed by atoms with E-state index in [-0.39, 0.29) is 0 Å². The molecule has 0 bridgehead atoms. The van der Waals surface area contributed by atoms with Gasteiger partial charge in [-0.3, -0.25) is 0 Å². The maximum atomic E-state index is 6.22. The van der Waals surface area contributed by atoms with Gasteiger partial charge in [-0.1, -0.05) is 30.1 Å². The van der Waals surface area contributed by atoms with E-state index in [1.54, 1.807) is 6.07 Å². The van der Waals surface area contributed by atoms with Crippen molar-refractivity contribution in [3.63, 3.8) is 0 Å². The van der Waals surface area contributed by atoms with Crippen molar-refractivity contribution in [3.8, 4) is 0 Å². The van der Waals surface area contributed by atoms with E-state index >= 15 is 0 Å². The molecule has 0 aliphatic heterocycles. The average Bonchev–Trinajstić information content (AvgIpc) is 2.35. The zero-order valence-electron chi connectivity index (χ0n) is 11.2. The normalized spacial score (nSPS) is 10.7. The summed E-state index contributed by atoms with van der Waals surface area (Å²) in [5, 5.41) is 4.46. The highest BCUT2D eigenvalue weighted by Gasteiger charge is 2.08. The molecule has 0 radical (unpaired) electrons. The van der Waals surface area contributed by atoms with E-state index in [2.05, 4.69) is 38.1 Å². The maximum Gasteiger partial charge on any atom is 0.135 e. The molecule has 0 atom stereocenters. The van der Waals surface area contributed by atoms with E-state index in [1.165, 1.54) is 0 Å². The van der Waals surface area contributed by atoms with Gasteiger partial charge in [0.1, 0.15) is 16.2 Å². The predicted molar refractivity (Wildman–Crippen MR) is 88.2 cm³/mol. The first kappa shape index (κ1) is 15.5. The van der Waals surface area contributed by atoms with Crippen molar-refractivity contribution in [2.45, 2.75) is 26.7 Å². The summed E-state index contributed by atoms with van der Waals surface area (Å²) in [5.74, 6) is 1.48. The van der Waals surface area contributed by atoms with E-state index in [1.807, 2.05) is 19.1 Å². The Morgan fingerprint density at radius 3 is 2.60 bits per heavy atom. The van der Waals surface area contributed by atoms with Crippen LogP contribution in [0.2, 0.25) is 10.0 Å². The number of aryl methyl sites for hydroxylation is 2. The van der Waals surface area contributed by atoms with Gasteiger partial charge in [-0.2, -0.15) is 0 Å². The van der Waals surface area contributed by atoms with E-state index in [4.69, 9.17) is 23.2 Å². The summed E-state index contributed by atoms with van der Waals surface area (Å²) in [7, 11) is 0. The molecule has 0 aliphatic carbocycles. The lowest BCUT2D eigenvalue weighted by molar-refractivity contribution is 0.831. The van der Waals surface area contributed by atoms with E-state index in [0.29, 0.717) is 15.9 Å². The Morgan fingerprint density at radius 2 is 1.90 bits per heavy atom. The lowest BCUT2D eigenvalue weighted by atomic mass is 10.2. The van der Waals surface area contributed by atoms with Crippen LogP contribution in [0.5, 0.6) is 0 Å². The minimum absolute atomic E-state index is 0.610. The number of anilines is 2. The number of rotatable bonds is 4. The summed E-state index contributed by atoms with van der Waals surface area (Å²) in [4.78, 5) is 8.78. The van der Waals surface area contributed by atoms with Gasteiger partial charge in [0.05, 0.1) is 10.7 Å². The summed E-state index contributed by atoms with van der Waals surface area (Å²) in [6, 6.07) is 5.44. The van der Waals surface area contributed by atoms with Gasteiger partial charge in [0.25, 0.3) is 0 Å². The summed E-state index contributed by atoms with van der Waals surface area (Å²) in [6.07, 6.45) is 1.82. The first-order valence-electron chi connectivity index (χ1n) is 6.25. The lowest BCUT2D eigenvalue weighted by Gasteiger charge is -2.11. The number of hydrogen-bond donors (Lipinski definition) is 1. The minimum atomic E-state index is 0.610. The van der Waals surface area contributed by atoms with E-state index < -0.39 is 0 Å². The van der Waals surface area contributed by atoms with Crippen LogP contribution in [0.4, 0.5) is 11.5 Å². The van der Waals surface area contributed by atoms with Gasteiger partial charge in [-0.25, -0.2) is 9.97 Å². The molecule has 106 valence electrons. The highest BCUT2D eigenvalue weighted by molar-refractivity contribution is 9.10. The number of halogens is 3. The van der Waals surface area contributed by atoms with Crippen LogP contribution in [0.3, 0.4) is 0 Å². The van der Waals surface area contributed by atoms with Gasteiger partial charge < -0.3 is 5.32 Å². The molecule has 1 aromatic heterocycles. The zero-order valence-corrected chi connectivity index (χ0v) is 14.3. The molecule has 20 heavy (non-hydrogen) atoms. The second-order valence-corrected chi connectivity index (χ2v) is 6.08. The van der Waals surface area contributed by atoms with Gasteiger partial charge in [0.2, 0.25) is 0 Å². The fourth-order valence-electron chi connectivity index (χ4n) is 1.74. The van der Waals surface area contributed by atoms with Crippen molar-refractivity contribution in [3.05, 3.63) is 44.2 Å². The van der Waals surface area contributed by atoms with Gasteiger partial charge in [-0.05, 0) is 47.0 Å². The molecule has 1 heterocycles. The zero-order chi connectivity index (χ0) is 14.7. The van der Waals surface area contributed by atoms with Gasteiger partial charge in [0, 0.05) is 17.5 Å². The van der Waals surface area contributed by atoms with E-state index in [0.717, 1.165) is 34.5 Å². The van der Waals surface area contributed by atoms with Crippen LogP contribution < -0.4 is 5.32 Å². The Hall–Kier alpha value is -0.840. The molecular weight excluding hydrogens is 361 g/mol. The second-order valence-electron chi connectivity index (χ2n) is 4.45. The second kappa shape index (κ2) is 6.74. The average molecular weight is 375 g/mol. The van der Waals surface area contributed by atoms with Gasteiger partial charge in [0.15, 0.2) is 0 Å². The number of nitrogens with zero attached hydrogens (tertiary/aromatic N) is 2. The fraction of sp³-hybridized carbons (Fsp3) is 0.286. The highest BCUT2D eigenvalue weighted by Crippen LogP contribution is 2.31. The molecule has 2 rings (SSSR count).